The lowest BCUT2D eigenvalue weighted by atomic mass is 10.0. The van der Waals surface area contributed by atoms with Gasteiger partial charge in [-0.2, -0.15) is 0 Å². The van der Waals surface area contributed by atoms with Gasteiger partial charge < -0.3 is 15.4 Å². The first-order valence-corrected chi connectivity index (χ1v) is 10.1. The summed E-state index contributed by atoms with van der Waals surface area (Å²) in [5.74, 6) is -1.90. The van der Waals surface area contributed by atoms with Crippen molar-refractivity contribution >= 4 is 22.8 Å². The highest BCUT2D eigenvalue weighted by Crippen LogP contribution is 2.17. The van der Waals surface area contributed by atoms with Gasteiger partial charge in [0.1, 0.15) is 12.1 Å². The van der Waals surface area contributed by atoms with Crippen LogP contribution in [0.4, 0.5) is 0 Å². The van der Waals surface area contributed by atoms with E-state index in [1.54, 1.807) is 48.5 Å². The van der Waals surface area contributed by atoms with Crippen molar-refractivity contribution in [2.45, 2.75) is 38.8 Å². The van der Waals surface area contributed by atoms with Gasteiger partial charge in [0.05, 0.1) is 10.9 Å². The summed E-state index contributed by atoms with van der Waals surface area (Å²) in [6.45, 7) is 3.72. The third-order valence-corrected chi connectivity index (χ3v) is 5.04. The number of amides is 1. The van der Waals surface area contributed by atoms with Gasteiger partial charge in [-0.25, -0.2) is 14.2 Å². The van der Waals surface area contributed by atoms with Crippen LogP contribution in [0.15, 0.2) is 64.2 Å². The van der Waals surface area contributed by atoms with Crippen LogP contribution in [-0.2, 0) is 16.0 Å². The first-order chi connectivity index (χ1) is 14.8. The molecule has 0 aliphatic carbocycles. The molecule has 2 unspecified atom stereocenters. The number of hydrogen-bond donors (Lipinski definition) is 3. The van der Waals surface area contributed by atoms with Gasteiger partial charge in [-0.15, -0.1) is 0 Å². The SMILES string of the molecule is CC(C)CC(C(=O)NC(Cc1ccccc1)C(=O)O)n1c(=O)[nH]c2ccccc2c1=O. The highest BCUT2D eigenvalue weighted by Gasteiger charge is 2.29. The lowest BCUT2D eigenvalue weighted by Crippen LogP contribution is -2.49. The number of aromatic nitrogens is 2. The first-order valence-electron chi connectivity index (χ1n) is 10.1. The minimum absolute atomic E-state index is 0.0223. The third kappa shape index (κ3) is 5.09. The van der Waals surface area contributed by atoms with Crippen molar-refractivity contribution in [2.75, 3.05) is 0 Å². The number of carboxylic acid groups (broad SMARTS) is 1. The average Bonchev–Trinajstić information content (AvgIpc) is 2.73. The molecular formula is C23H25N3O5. The maximum atomic E-state index is 13.1. The Balaban J connectivity index is 1.98. The predicted octanol–water partition coefficient (Wildman–Crippen LogP) is 2.09. The largest absolute Gasteiger partial charge is 0.480 e. The molecule has 0 fully saturated rings. The minimum Gasteiger partial charge on any atom is -0.480 e. The zero-order chi connectivity index (χ0) is 22.5. The van der Waals surface area contributed by atoms with Gasteiger partial charge in [0.2, 0.25) is 5.91 Å². The molecule has 0 bridgehead atoms. The maximum absolute atomic E-state index is 13.1. The summed E-state index contributed by atoms with van der Waals surface area (Å²) >= 11 is 0. The topological polar surface area (TPSA) is 121 Å². The maximum Gasteiger partial charge on any atom is 0.329 e. The molecule has 0 spiro atoms. The Kier molecular flexibility index (Phi) is 6.69. The Bertz CT molecular complexity index is 1200. The van der Waals surface area contributed by atoms with Crippen molar-refractivity contribution in [3.05, 3.63) is 81.0 Å². The molecule has 8 heteroatoms. The molecule has 1 heterocycles. The molecule has 3 N–H and O–H groups in total. The smallest absolute Gasteiger partial charge is 0.329 e. The van der Waals surface area contributed by atoms with E-state index < -0.39 is 35.2 Å². The number of fused-ring (bicyclic) bond motifs is 1. The fraction of sp³-hybridized carbons (Fsp3) is 0.304. The molecule has 0 aliphatic heterocycles. The fourth-order valence-electron chi connectivity index (χ4n) is 3.55. The number of nitrogens with zero attached hydrogens (tertiary/aromatic N) is 1. The van der Waals surface area contributed by atoms with Crippen LogP contribution >= 0.6 is 0 Å². The van der Waals surface area contributed by atoms with Crippen molar-refractivity contribution in [3.8, 4) is 0 Å². The Morgan fingerprint density at radius 3 is 2.32 bits per heavy atom. The van der Waals surface area contributed by atoms with Gasteiger partial charge in [-0.3, -0.25) is 9.59 Å². The molecule has 0 saturated heterocycles. The van der Waals surface area contributed by atoms with Gasteiger partial charge in [-0.1, -0.05) is 56.3 Å². The van der Waals surface area contributed by atoms with E-state index >= 15 is 0 Å². The summed E-state index contributed by atoms with van der Waals surface area (Å²) in [5, 5.41) is 12.4. The number of carbonyl (C=O) groups is 2. The highest BCUT2D eigenvalue weighted by molar-refractivity contribution is 5.86. The van der Waals surface area contributed by atoms with E-state index in [-0.39, 0.29) is 24.1 Å². The number of H-pyrrole nitrogens is 1. The molecule has 3 rings (SSSR count). The van der Waals surface area contributed by atoms with Gasteiger partial charge in [-0.05, 0) is 30.0 Å². The summed E-state index contributed by atoms with van der Waals surface area (Å²) < 4.78 is 0.888. The van der Waals surface area contributed by atoms with Gasteiger partial charge in [0.25, 0.3) is 5.56 Å². The Labute approximate surface area is 178 Å². The summed E-state index contributed by atoms with van der Waals surface area (Å²) in [6, 6.07) is 13.1. The molecule has 1 amide bonds. The Hall–Kier alpha value is -3.68. The molecule has 2 atom stereocenters. The van der Waals surface area contributed by atoms with E-state index in [4.69, 9.17) is 0 Å². The van der Waals surface area contributed by atoms with E-state index in [0.29, 0.717) is 5.52 Å². The van der Waals surface area contributed by atoms with Crippen LogP contribution < -0.4 is 16.6 Å². The number of para-hydroxylation sites is 1. The van der Waals surface area contributed by atoms with Crippen LogP contribution in [0.5, 0.6) is 0 Å². The standard InChI is InChI=1S/C23H25N3O5/c1-14(2)12-19(26-21(28)16-10-6-7-11-17(16)25-23(26)31)20(27)24-18(22(29)30)13-15-8-4-3-5-9-15/h3-11,14,18-19H,12-13H2,1-2H3,(H,24,27)(H,25,31)(H,29,30). The molecule has 31 heavy (non-hydrogen) atoms. The molecule has 0 radical (unpaired) electrons. The zero-order valence-corrected chi connectivity index (χ0v) is 17.4. The number of rotatable bonds is 8. The van der Waals surface area contributed by atoms with Crippen LogP contribution in [0.1, 0.15) is 31.9 Å². The van der Waals surface area contributed by atoms with Crippen LogP contribution in [0, 0.1) is 5.92 Å². The monoisotopic (exact) mass is 423 g/mol. The number of benzene rings is 2. The first kappa shape index (κ1) is 22.0. The number of carbonyl (C=O) groups excluding carboxylic acids is 1. The van der Waals surface area contributed by atoms with Crippen molar-refractivity contribution < 1.29 is 14.7 Å². The third-order valence-electron chi connectivity index (χ3n) is 5.04. The second-order valence-electron chi connectivity index (χ2n) is 7.89. The van der Waals surface area contributed by atoms with Crippen molar-refractivity contribution in [3.63, 3.8) is 0 Å². The van der Waals surface area contributed by atoms with Crippen LogP contribution in [0.2, 0.25) is 0 Å². The van der Waals surface area contributed by atoms with E-state index in [1.807, 2.05) is 19.9 Å². The number of aliphatic carboxylic acids is 1. The Morgan fingerprint density at radius 2 is 1.68 bits per heavy atom. The second kappa shape index (κ2) is 9.42. The molecule has 2 aromatic carbocycles. The molecule has 3 aromatic rings. The number of hydrogen-bond acceptors (Lipinski definition) is 4. The summed E-state index contributed by atoms with van der Waals surface area (Å²) in [7, 11) is 0. The van der Waals surface area contributed by atoms with Crippen LogP contribution in [0.3, 0.4) is 0 Å². The van der Waals surface area contributed by atoms with E-state index in [1.165, 1.54) is 0 Å². The zero-order valence-electron chi connectivity index (χ0n) is 17.4. The highest BCUT2D eigenvalue weighted by atomic mass is 16.4. The predicted molar refractivity (Wildman–Crippen MR) is 117 cm³/mol. The van der Waals surface area contributed by atoms with Crippen molar-refractivity contribution in [1.82, 2.24) is 14.9 Å². The number of carboxylic acids is 1. The quantitative estimate of drug-likeness (QED) is 0.512. The van der Waals surface area contributed by atoms with E-state index in [2.05, 4.69) is 10.3 Å². The Morgan fingerprint density at radius 1 is 1.03 bits per heavy atom. The summed E-state index contributed by atoms with van der Waals surface area (Å²) in [6.07, 6.45) is 0.282. The van der Waals surface area contributed by atoms with Gasteiger partial charge >= 0.3 is 11.7 Å². The lowest BCUT2D eigenvalue weighted by Gasteiger charge is -2.23. The average molecular weight is 423 g/mol. The summed E-state index contributed by atoms with van der Waals surface area (Å²) in [4.78, 5) is 53.3. The van der Waals surface area contributed by atoms with Gasteiger partial charge in [0, 0.05) is 6.42 Å². The van der Waals surface area contributed by atoms with Crippen LogP contribution in [0.25, 0.3) is 10.9 Å². The lowest BCUT2D eigenvalue weighted by molar-refractivity contribution is -0.142. The molecule has 0 aliphatic rings. The minimum atomic E-state index is -1.19. The fourth-order valence-corrected chi connectivity index (χ4v) is 3.55. The van der Waals surface area contributed by atoms with E-state index in [9.17, 15) is 24.3 Å². The van der Waals surface area contributed by atoms with Crippen molar-refractivity contribution in [1.29, 1.82) is 0 Å². The molecule has 1 aromatic heterocycles. The molecule has 162 valence electrons. The van der Waals surface area contributed by atoms with Crippen molar-refractivity contribution in [2.24, 2.45) is 5.92 Å². The molecular weight excluding hydrogens is 398 g/mol. The molecule has 8 nitrogen and oxygen atoms in total. The van der Waals surface area contributed by atoms with Crippen LogP contribution in [-0.4, -0.2) is 32.6 Å². The van der Waals surface area contributed by atoms with Gasteiger partial charge in [0.15, 0.2) is 0 Å². The number of nitrogens with one attached hydrogen (secondary N) is 2. The summed E-state index contributed by atoms with van der Waals surface area (Å²) in [5.41, 5.74) is -0.171. The molecule has 0 saturated carbocycles. The normalized spacial score (nSPS) is 13.1. The number of aromatic amines is 1. The second-order valence-corrected chi connectivity index (χ2v) is 7.89. The van der Waals surface area contributed by atoms with E-state index in [0.717, 1.165) is 10.1 Å².